The Bertz CT molecular complexity index is 248. The van der Waals surface area contributed by atoms with Crippen LogP contribution in [0.1, 0.15) is 27.2 Å². The normalized spacial score (nSPS) is 16.6. The average molecular weight is 455 g/mol. The molecule has 1 aliphatic heterocycles. The van der Waals surface area contributed by atoms with Gasteiger partial charge in [-0.15, -0.1) is 0 Å². The standard InChI is InChI=1S/C11H16NO.CH3.Lr/c1-4-10(3)12-8-7-9(2)5-6-11(12)13;;/h5-8,10H,4H2,1-3H3;1H3;/q2*-1;. The fourth-order valence-corrected chi connectivity index (χ4v) is 1.18. The Balaban J connectivity index is 0. The van der Waals surface area contributed by atoms with E-state index in [1.165, 1.54) is 0 Å². The molecular weight excluding hydrogens is 436 g/mol. The van der Waals surface area contributed by atoms with Gasteiger partial charge in [-0.25, -0.2) is 0 Å². The summed E-state index contributed by atoms with van der Waals surface area (Å²) in [5, 5.41) is 0. The fraction of sp³-hybridized carbons (Fsp3) is 0.417. The van der Waals surface area contributed by atoms with Crippen LogP contribution in [0.2, 0.25) is 0 Å². The molecule has 0 aromatic heterocycles. The van der Waals surface area contributed by atoms with Gasteiger partial charge >= 0.3 is 0 Å². The van der Waals surface area contributed by atoms with Gasteiger partial charge in [-0.2, -0.15) is 18.1 Å². The molecule has 3 heteroatoms. The van der Waals surface area contributed by atoms with Gasteiger partial charge in [0.1, 0.15) is 0 Å². The Hall–Kier alpha value is -2.18. The van der Waals surface area contributed by atoms with Crippen molar-refractivity contribution in [2.24, 2.45) is 0 Å². The Labute approximate surface area is 87.3 Å². The minimum Gasteiger partial charge on any atom is -0.376 e. The van der Waals surface area contributed by atoms with Crippen molar-refractivity contribution in [2.75, 3.05) is 0 Å². The van der Waals surface area contributed by atoms with Crippen LogP contribution < -0.4 is 0 Å². The molecule has 0 saturated carbocycles. The van der Waals surface area contributed by atoms with Gasteiger partial charge in [-0.1, -0.05) is 26.1 Å². The van der Waals surface area contributed by atoms with Gasteiger partial charge in [0.25, 0.3) is 0 Å². The Morgan fingerprint density at radius 3 is 2.60 bits per heavy atom. The van der Waals surface area contributed by atoms with Gasteiger partial charge in [-0.05, 0) is 13.3 Å². The molecule has 1 rings (SSSR count). The van der Waals surface area contributed by atoms with Crippen LogP contribution in [0.15, 0.2) is 24.4 Å². The molecule has 0 saturated heterocycles. The number of allylic oxidation sites excluding steroid dienone is 2. The second-order valence-corrected chi connectivity index (χ2v) is 3.40. The van der Waals surface area contributed by atoms with E-state index in [9.17, 15) is 4.79 Å². The molecule has 15 heavy (non-hydrogen) atoms. The first kappa shape index (κ1) is 15.3. The molecule has 2 nitrogen and oxygen atoms in total. The summed E-state index contributed by atoms with van der Waals surface area (Å²) in [7, 11) is 0. The predicted molar refractivity (Wildman–Crippen MR) is 60.2 cm³/mol. The van der Waals surface area contributed by atoms with E-state index in [2.05, 4.69) is 13.8 Å². The van der Waals surface area contributed by atoms with E-state index >= 15 is 0 Å². The molecule has 1 aliphatic rings. The van der Waals surface area contributed by atoms with Crippen LogP contribution in [0.3, 0.4) is 0 Å². The Morgan fingerprint density at radius 2 is 2.07 bits per heavy atom. The van der Waals surface area contributed by atoms with Crippen LogP contribution in [0, 0.1) is 13.3 Å². The van der Waals surface area contributed by atoms with E-state index in [1.807, 2.05) is 25.3 Å². The number of carbonyl (C=O) groups excluding carboxylic acids is 1. The Kier molecular flexibility index (Phi) is 6.43. The molecule has 1 radical (unpaired) electrons. The predicted octanol–water partition coefficient (Wildman–Crippen LogP) is 2.74. The van der Waals surface area contributed by atoms with E-state index in [-0.39, 0.29) is 19.4 Å². The fourth-order valence-electron chi connectivity index (χ4n) is 1.18. The second kappa shape index (κ2) is 6.30. The van der Waals surface area contributed by atoms with Crippen LogP contribution in [0.4, 0.5) is 0 Å². The monoisotopic (exact) mass is 455 g/mol. The molecule has 95 valence electrons. The molecule has 0 aromatic carbocycles. The third kappa shape index (κ3) is 3.59. The van der Waals surface area contributed by atoms with Crippen molar-refractivity contribution in [1.82, 2.24) is 4.90 Å². The Morgan fingerprint density at radius 1 is 1.47 bits per heavy atom. The van der Waals surface area contributed by atoms with E-state index in [0.717, 1.165) is 12.3 Å². The van der Waals surface area contributed by atoms with Crippen LogP contribution >= 0.6 is 0 Å². The van der Waals surface area contributed by atoms with Crippen molar-refractivity contribution in [1.29, 1.82) is 0 Å². The third-order valence-electron chi connectivity index (χ3n) is 2.31. The summed E-state index contributed by atoms with van der Waals surface area (Å²) >= 11 is 0. The number of rotatable bonds is 2. The SMILES string of the molecule is CCC(C)N1C=C[C-](C)C=CC1=O.[CH3-].[Lr]. The number of amides is 1. The summed E-state index contributed by atoms with van der Waals surface area (Å²) in [5.41, 5.74) is 0. The van der Waals surface area contributed by atoms with Gasteiger partial charge in [0.15, 0.2) is 5.91 Å². The smallest absolute Gasteiger partial charge is 0.185 e. The second-order valence-electron chi connectivity index (χ2n) is 3.40. The van der Waals surface area contributed by atoms with Crippen molar-refractivity contribution in [2.45, 2.75) is 33.2 Å². The van der Waals surface area contributed by atoms with Crippen LogP contribution in [0.25, 0.3) is 0 Å². The zero-order valence-electron chi connectivity index (χ0n) is 9.71. The summed E-state index contributed by atoms with van der Waals surface area (Å²) in [4.78, 5) is 13.3. The first-order chi connectivity index (χ1) is 6.15. The van der Waals surface area contributed by atoms with Gasteiger partial charge in [-0.3, -0.25) is 4.79 Å². The summed E-state index contributed by atoms with van der Waals surface area (Å²) in [5.74, 6) is 1.18. The maximum absolute atomic E-state index is 11.5. The van der Waals surface area contributed by atoms with Crippen LogP contribution in [0.5, 0.6) is 0 Å². The molecule has 1 heterocycles. The number of nitrogens with zero attached hydrogens (tertiary/aromatic N) is 1. The zero-order chi connectivity index (χ0) is 9.84. The number of carbonyl (C=O) groups is 1. The van der Waals surface area contributed by atoms with Crippen LogP contribution in [-0.2, 0) is 4.79 Å². The molecule has 0 aliphatic carbocycles. The molecule has 0 fully saturated rings. The van der Waals surface area contributed by atoms with Crippen molar-refractivity contribution < 1.29 is 4.79 Å². The van der Waals surface area contributed by atoms with E-state index in [1.54, 1.807) is 11.0 Å². The minimum atomic E-state index is 0. The third-order valence-corrected chi connectivity index (χ3v) is 2.31. The van der Waals surface area contributed by atoms with Crippen molar-refractivity contribution >= 4 is 5.91 Å². The van der Waals surface area contributed by atoms with Crippen molar-refractivity contribution in [3.05, 3.63) is 37.8 Å². The van der Waals surface area contributed by atoms with Crippen molar-refractivity contribution in [3.8, 4) is 0 Å². The molecule has 1 unspecified atom stereocenters. The topological polar surface area (TPSA) is 20.3 Å². The summed E-state index contributed by atoms with van der Waals surface area (Å²) in [6.45, 7) is 6.12. The van der Waals surface area contributed by atoms with E-state index in [4.69, 9.17) is 0 Å². The molecule has 0 aromatic rings. The zero-order valence-corrected chi connectivity index (χ0v) is 11.9. The van der Waals surface area contributed by atoms with Gasteiger partial charge in [0, 0.05) is 6.04 Å². The van der Waals surface area contributed by atoms with E-state index < -0.39 is 0 Å². The quantitative estimate of drug-likeness (QED) is 0.587. The maximum Gasteiger partial charge on any atom is 0.185 e. The molecule has 0 spiro atoms. The molecule has 0 bridgehead atoms. The van der Waals surface area contributed by atoms with E-state index in [0.29, 0.717) is 0 Å². The van der Waals surface area contributed by atoms with Gasteiger partial charge < -0.3 is 12.3 Å². The molecule has 1 atom stereocenters. The first-order valence-electron chi connectivity index (χ1n) is 4.67. The van der Waals surface area contributed by atoms with Gasteiger partial charge in [0.2, 0.25) is 0 Å². The first-order valence-corrected chi connectivity index (χ1v) is 4.67. The number of hydrogen-bond donors (Lipinski definition) is 0. The summed E-state index contributed by atoms with van der Waals surface area (Å²) < 4.78 is 0. The largest absolute Gasteiger partial charge is 0.376 e. The maximum atomic E-state index is 11.5. The number of hydrogen-bond acceptors (Lipinski definition) is 1. The van der Waals surface area contributed by atoms with Gasteiger partial charge in [0.05, 0.1) is 0 Å². The molecular formula is C12H19LrNO-2. The van der Waals surface area contributed by atoms with Crippen molar-refractivity contribution in [3.63, 3.8) is 0 Å². The summed E-state index contributed by atoms with van der Waals surface area (Å²) in [6.07, 6.45) is 8.28. The average Bonchev–Trinajstić information content (AvgIpc) is 2.28. The van der Waals surface area contributed by atoms with Crippen LogP contribution in [-0.4, -0.2) is 16.8 Å². The molecule has 1 amide bonds. The molecule has 0 N–H and O–H groups in total. The minimum absolute atomic E-state index is 0. The summed E-state index contributed by atoms with van der Waals surface area (Å²) in [6, 6.07) is 0.277.